The van der Waals surface area contributed by atoms with Crippen molar-refractivity contribution in [2.24, 2.45) is 11.7 Å². The summed E-state index contributed by atoms with van der Waals surface area (Å²) < 4.78 is 0. The fourth-order valence-electron chi connectivity index (χ4n) is 2.62. The fraction of sp³-hybridized carbons (Fsp3) is 0.733. The van der Waals surface area contributed by atoms with Crippen molar-refractivity contribution in [3.8, 4) is 0 Å². The van der Waals surface area contributed by atoms with Gasteiger partial charge in [0.25, 0.3) is 0 Å². The molecule has 1 fully saturated rings. The van der Waals surface area contributed by atoms with Crippen LogP contribution in [0.2, 0.25) is 0 Å². The first kappa shape index (κ1) is 20.8. The van der Waals surface area contributed by atoms with Crippen molar-refractivity contribution >= 4 is 23.7 Å². The fourth-order valence-corrected chi connectivity index (χ4v) is 2.62. The Morgan fingerprint density at radius 3 is 2.44 bits per heavy atom. The molecule has 1 rings (SSSR count). The molecule has 1 aliphatic heterocycles. The number of aliphatic hydroxyl groups excluding tert-OH is 1. The molecule has 0 bridgehead atoms. The van der Waals surface area contributed by atoms with Crippen molar-refractivity contribution in [2.75, 3.05) is 19.7 Å². The van der Waals surface area contributed by atoms with E-state index in [1.54, 1.807) is 13.8 Å². The van der Waals surface area contributed by atoms with E-state index in [4.69, 9.17) is 15.9 Å². The molecule has 0 aromatic heterocycles. The predicted octanol–water partition coefficient (Wildman–Crippen LogP) is -2.36. The maximum absolute atomic E-state index is 12.2. The van der Waals surface area contributed by atoms with Crippen LogP contribution in [0.25, 0.3) is 0 Å². The number of carbonyl (C=O) groups is 4. The molecule has 1 saturated heterocycles. The Hall–Kier alpha value is -2.20. The van der Waals surface area contributed by atoms with Crippen molar-refractivity contribution in [3.05, 3.63) is 0 Å². The van der Waals surface area contributed by atoms with Crippen LogP contribution >= 0.6 is 0 Å². The van der Waals surface area contributed by atoms with E-state index >= 15 is 0 Å². The zero-order valence-corrected chi connectivity index (χ0v) is 14.4. The molecular weight excluding hydrogens is 332 g/mol. The van der Waals surface area contributed by atoms with Gasteiger partial charge < -0.3 is 31.5 Å². The molecule has 1 heterocycles. The monoisotopic (exact) mass is 358 g/mol. The first-order chi connectivity index (χ1) is 11.7. The summed E-state index contributed by atoms with van der Waals surface area (Å²) in [6.45, 7) is 2.76. The van der Waals surface area contributed by atoms with Crippen molar-refractivity contribution in [3.63, 3.8) is 0 Å². The second-order valence-electron chi connectivity index (χ2n) is 6.32. The highest BCUT2D eigenvalue weighted by Crippen LogP contribution is 2.18. The quantitative estimate of drug-likeness (QED) is 0.324. The van der Waals surface area contributed by atoms with Crippen LogP contribution in [0.15, 0.2) is 0 Å². The molecule has 0 radical (unpaired) electrons. The first-order valence-electron chi connectivity index (χ1n) is 8.15. The average molecular weight is 358 g/mol. The number of amides is 3. The van der Waals surface area contributed by atoms with Gasteiger partial charge >= 0.3 is 5.97 Å². The van der Waals surface area contributed by atoms with Crippen molar-refractivity contribution < 1.29 is 29.4 Å². The molecule has 0 aromatic rings. The molecule has 25 heavy (non-hydrogen) atoms. The van der Waals surface area contributed by atoms with Crippen molar-refractivity contribution in [1.29, 1.82) is 0 Å². The van der Waals surface area contributed by atoms with Crippen LogP contribution in [0.5, 0.6) is 0 Å². The molecule has 10 heteroatoms. The second-order valence-corrected chi connectivity index (χ2v) is 6.32. The molecule has 0 aliphatic carbocycles. The maximum Gasteiger partial charge on any atom is 0.326 e. The smallest absolute Gasteiger partial charge is 0.326 e. The van der Waals surface area contributed by atoms with Crippen LogP contribution in [0, 0.1) is 5.92 Å². The van der Waals surface area contributed by atoms with Gasteiger partial charge in [-0.25, -0.2) is 4.79 Å². The summed E-state index contributed by atoms with van der Waals surface area (Å²) in [5.41, 5.74) is 5.50. The number of aliphatic hydroxyl groups is 1. The number of hydrogen-bond donors (Lipinski definition) is 5. The Morgan fingerprint density at radius 1 is 1.28 bits per heavy atom. The van der Waals surface area contributed by atoms with E-state index in [0.29, 0.717) is 19.4 Å². The third-order valence-corrected chi connectivity index (χ3v) is 4.02. The van der Waals surface area contributed by atoms with Gasteiger partial charge in [-0.15, -0.1) is 0 Å². The summed E-state index contributed by atoms with van der Waals surface area (Å²) in [5.74, 6) is -3.12. The predicted molar refractivity (Wildman–Crippen MR) is 87.2 cm³/mol. The molecule has 142 valence electrons. The van der Waals surface area contributed by atoms with Crippen LogP contribution in [0.1, 0.15) is 26.7 Å². The van der Waals surface area contributed by atoms with Crippen LogP contribution in [0.4, 0.5) is 0 Å². The highest BCUT2D eigenvalue weighted by Gasteiger charge is 2.36. The Kier molecular flexibility index (Phi) is 7.78. The zero-order valence-electron chi connectivity index (χ0n) is 14.4. The van der Waals surface area contributed by atoms with Gasteiger partial charge in [0.2, 0.25) is 17.7 Å². The summed E-state index contributed by atoms with van der Waals surface area (Å²) in [6, 6.07) is -2.88. The zero-order chi connectivity index (χ0) is 19.1. The van der Waals surface area contributed by atoms with Crippen LogP contribution < -0.4 is 16.4 Å². The van der Waals surface area contributed by atoms with Crippen LogP contribution in [0.3, 0.4) is 0 Å². The van der Waals surface area contributed by atoms with Gasteiger partial charge in [-0.1, -0.05) is 13.8 Å². The lowest BCUT2D eigenvalue weighted by molar-refractivity contribution is -0.143. The molecule has 0 spiro atoms. The molecule has 6 N–H and O–H groups in total. The summed E-state index contributed by atoms with van der Waals surface area (Å²) in [4.78, 5) is 48.4. The lowest BCUT2D eigenvalue weighted by Crippen LogP contribution is -2.54. The molecular formula is C15H26N4O6. The van der Waals surface area contributed by atoms with Crippen LogP contribution in [-0.2, 0) is 19.2 Å². The van der Waals surface area contributed by atoms with Gasteiger partial charge in [0, 0.05) is 6.54 Å². The summed E-state index contributed by atoms with van der Waals surface area (Å²) in [6.07, 6.45) is 1.05. The minimum absolute atomic E-state index is 0.305. The highest BCUT2D eigenvalue weighted by atomic mass is 16.4. The number of carbonyl (C=O) groups excluding carboxylic acids is 3. The Labute approximate surface area is 145 Å². The van der Waals surface area contributed by atoms with E-state index in [2.05, 4.69) is 10.6 Å². The van der Waals surface area contributed by atoms with Crippen molar-refractivity contribution in [1.82, 2.24) is 15.5 Å². The topological polar surface area (TPSA) is 162 Å². The number of carboxylic acids is 1. The maximum atomic E-state index is 12.2. The van der Waals surface area contributed by atoms with Gasteiger partial charge in [0.1, 0.15) is 18.1 Å². The number of nitrogens with zero attached hydrogens (tertiary/aromatic N) is 1. The second kappa shape index (κ2) is 9.33. The standard InChI is InChI=1S/C15H26N4O6/c1-8(2)12(15(24)25)18-11(21)6-17-13(22)10-4-3-5-19(10)14(23)9(16)7-20/h8-10,12,20H,3-7,16H2,1-2H3,(H,17,22)(H,18,21)(H,24,25). The van der Waals surface area contributed by atoms with E-state index in [-0.39, 0.29) is 12.5 Å². The summed E-state index contributed by atoms with van der Waals surface area (Å²) in [7, 11) is 0. The van der Waals surface area contributed by atoms with E-state index in [1.165, 1.54) is 4.90 Å². The number of nitrogens with two attached hydrogens (primary N) is 1. The SMILES string of the molecule is CC(C)C(NC(=O)CNC(=O)C1CCCN1C(=O)C(N)CO)C(=O)O. The van der Waals surface area contributed by atoms with E-state index in [1.807, 2.05) is 0 Å². The number of nitrogens with one attached hydrogen (secondary N) is 2. The molecule has 3 unspecified atom stereocenters. The van der Waals surface area contributed by atoms with Gasteiger partial charge in [-0.2, -0.15) is 0 Å². The third kappa shape index (κ3) is 5.68. The summed E-state index contributed by atoms with van der Waals surface area (Å²) >= 11 is 0. The highest BCUT2D eigenvalue weighted by molar-refractivity contribution is 5.93. The van der Waals surface area contributed by atoms with Gasteiger partial charge in [-0.05, 0) is 18.8 Å². The summed E-state index contributed by atoms with van der Waals surface area (Å²) in [5, 5.41) is 22.7. The van der Waals surface area contributed by atoms with E-state index < -0.39 is 48.4 Å². The lowest BCUT2D eigenvalue weighted by atomic mass is 10.1. The number of carboxylic acid groups (broad SMARTS) is 1. The minimum atomic E-state index is -1.15. The Bertz CT molecular complexity index is 524. The van der Waals surface area contributed by atoms with Gasteiger partial charge in [0.15, 0.2) is 0 Å². The van der Waals surface area contributed by atoms with Gasteiger partial charge in [-0.3, -0.25) is 14.4 Å². The number of likely N-dealkylation sites (tertiary alicyclic amines) is 1. The first-order valence-corrected chi connectivity index (χ1v) is 8.15. The number of rotatable bonds is 8. The largest absolute Gasteiger partial charge is 0.480 e. The lowest BCUT2D eigenvalue weighted by Gasteiger charge is -2.26. The molecule has 1 aliphatic rings. The van der Waals surface area contributed by atoms with E-state index in [9.17, 15) is 19.2 Å². The molecule has 3 amide bonds. The van der Waals surface area contributed by atoms with Crippen molar-refractivity contribution in [2.45, 2.75) is 44.8 Å². The number of hydrogen-bond acceptors (Lipinski definition) is 6. The average Bonchev–Trinajstić information content (AvgIpc) is 3.05. The molecule has 3 atom stereocenters. The molecule has 0 aromatic carbocycles. The van der Waals surface area contributed by atoms with Crippen LogP contribution in [-0.4, -0.2) is 76.6 Å². The molecule has 10 nitrogen and oxygen atoms in total. The molecule has 0 saturated carbocycles. The van der Waals surface area contributed by atoms with E-state index in [0.717, 1.165) is 0 Å². The third-order valence-electron chi connectivity index (χ3n) is 4.02. The van der Waals surface area contributed by atoms with Gasteiger partial charge in [0.05, 0.1) is 13.2 Å². The Balaban J connectivity index is 2.56. The Morgan fingerprint density at radius 2 is 1.92 bits per heavy atom. The number of aliphatic carboxylic acids is 1. The minimum Gasteiger partial charge on any atom is -0.480 e. The normalized spacial score (nSPS) is 19.4.